The Bertz CT molecular complexity index is 259. The fraction of sp³-hybridized carbons (Fsp3) is 1.00. The second-order valence-corrected chi connectivity index (χ2v) is 6.04. The highest BCUT2D eigenvalue weighted by Crippen LogP contribution is 2.70. The first-order valence-electron chi connectivity index (χ1n) is 5.80. The molecule has 2 unspecified atom stereocenters. The lowest BCUT2D eigenvalue weighted by Gasteiger charge is -2.49. The number of ether oxygens (including phenoxy) is 2. The summed E-state index contributed by atoms with van der Waals surface area (Å²) in [6.45, 7) is 8.57. The molecule has 3 aliphatic rings. The third-order valence-corrected chi connectivity index (χ3v) is 5.10. The van der Waals surface area contributed by atoms with Gasteiger partial charge in [0.05, 0.1) is 13.2 Å². The van der Waals surface area contributed by atoms with Crippen molar-refractivity contribution in [3.63, 3.8) is 0 Å². The Balaban J connectivity index is 2.09. The van der Waals surface area contributed by atoms with Gasteiger partial charge in [0.15, 0.2) is 5.79 Å². The first-order chi connectivity index (χ1) is 6.52. The van der Waals surface area contributed by atoms with Gasteiger partial charge >= 0.3 is 0 Å². The van der Waals surface area contributed by atoms with Crippen LogP contribution in [0, 0.1) is 16.7 Å². The van der Waals surface area contributed by atoms with E-state index in [1.54, 1.807) is 0 Å². The van der Waals surface area contributed by atoms with Crippen LogP contribution in [0.15, 0.2) is 0 Å². The van der Waals surface area contributed by atoms with Gasteiger partial charge in [-0.3, -0.25) is 0 Å². The van der Waals surface area contributed by atoms with Crippen LogP contribution < -0.4 is 0 Å². The third-order valence-electron chi connectivity index (χ3n) is 5.10. The van der Waals surface area contributed by atoms with Gasteiger partial charge in [-0.15, -0.1) is 0 Å². The molecule has 80 valence electrons. The smallest absolute Gasteiger partial charge is 0.179 e. The third kappa shape index (κ3) is 0.737. The molecule has 1 aliphatic heterocycles. The summed E-state index contributed by atoms with van der Waals surface area (Å²) in [5.74, 6) is 0.536. The molecule has 0 amide bonds. The molecule has 0 N–H and O–H groups in total. The van der Waals surface area contributed by atoms with Crippen molar-refractivity contribution in [3.8, 4) is 0 Å². The maximum atomic E-state index is 6.03. The van der Waals surface area contributed by atoms with Crippen LogP contribution in [0.25, 0.3) is 0 Å². The maximum Gasteiger partial charge on any atom is 0.179 e. The molecular weight excluding hydrogens is 176 g/mol. The van der Waals surface area contributed by atoms with Crippen molar-refractivity contribution >= 4 is 0 Å². The lowest BCUT2D eigenvalue weighted by atomic mass is 9.67. The van der Waals surface area contributed by atoms with Gasteiger partial charge in [-0.2, -0.15) is 0 Å². The summed E-state index contributed by atoms with van der Waals surface area (Å²) in [6.07, 6.45) is 3.93. The van der Waals surface area contributed by atoms with E-state index in [1.165, 1.54) is 19.3 Å². The minimum Gasteiger partial charge on any atom is -0.346 e. The van der Waals surface area contributed by atoms with Gasteiger partial charge in [-0.25, -0.2) is 0 Å². The number of hydrogen-bond acceptors (Lipinski definition) is 2. The Morgan fingerprint density at radius 2 is 1.71 bits per heavy atom. The topological polar surface area (TPSA) is 18.5 Å². The fourth-order valence-electron chi connectivity index (χ4n) is 4.34. The van der Waals surface area contributed by atoms with E-state index in [2.05, 4.69) is 20.8 Å². The highest BCUT2D eigenvalue weighted by atomic mass is 16.7. The zero-order chi connectivity index (χ0) is 10.0. The predicted molar refractivity (Wildman–Crippen MR) is 53.9 cm³/mol. The Labute approximate surface area is 86.0 Å². The summed E-state index contributed by atoms with van der Waals surface area (Å²) in [5.41, 5.74) is 0.480. The van der Waals surface area contributed by atoms with Crippen molar-refractivity contribution in [2.75, 3.05) is 13.2 Å². The van der Waals surface area contributed by atoms with E-state index in [0.717, 1.165) is 19.1 Å². The van der Waals surface area contributed by atoms with E-state index in [1.807, 2.05) is 0 Å². The Morgan fingerprint density at radius 1 is 1.07 bits per heavy atom. The molecule has 2 bridgehead atoms. The van der Waals surface area contributed by atoms with Crippen molar-refractivity contribution < 1.29 is 9.47 Å². The van der Waals surface area contributed by atoms with Gasteiger partial charge < -0.3 is 9.47 Å². The monoisotopic (exact) mass is 196 g/mol. The van der Waals surface area contributed by atoms with Gasteiger partial charge in [0, 0.05) is 10.8 Å². The molecule has 2 atom stereocenters. The average Bonchev–Trinajstić information content (AvgIpc) is 2.72. The van der Waals surface area contributed by atoms with Crippen LogP contribution >= 0.6 is 0 Å². The Kier molecular flexibility index (Phi) is 1.54. The van der Waals surface area contributed by atoms with E-state index in [-0.39, 0.29) is 16.6 Å². The Hall–Kier alpha value is -0.0800. The maximum absolute atomic E-state index is 6.03. The van der Waals surface area contributed by atoms with Crippen LogP contribution in [0.5, 0.6) is 0 Å². The van der Waals surface area contributed by atoms with Gasteiger partial charge in [0.1, 0.15) is 0 Å². The molecular formula is C12H20O2. The Morgan fingerprint density at radius 3 is 2.21 bits per heavy atom. The molecule has 2 saturated carbocycles. The first kappa shape index (κ1) is 9.17. The number of fused-ring (bicyclic) bond motifs is 3. The van der Waals surface area contributed by atoms with Crippen molar-refractivity contribution in [3.05, 3.63) is 0 Å². The summed E-state index contributed by atoms with van der Waals surface area (Å²) < 4.78 is 12.1. The zero-order valence-corrected chi connectivity index (χ0v) is 9.43. The molecule has 1 spiro atoms. The van der Waals surface area contributed by atoms with E-state index in [9.17, 15) is 0 Å². The van der Waals surface area contributed by atoms with E-state index in [0.29, 0.717) is 0 Å². The molecule has 3 rings (SSSR count). The lowest BCUT2D eigenvalue weighted by Crippen LogP contribution is -2.54. The van der Waals surface area contributed by atoms with E-state index >= 15 is 0 Å². The molecule has 0 aromatic rings. The van der Waals surface area contributed by atoms with E-state index < -0.39 is 0 Å². The largest absolute Gasteiger partial charge is 0.346 e. The molecule has 0 aromatic heterocycles. The van der Waals surface area contributed by atoms with Crippen LogP contribution in [-0.4, -0.2) is 19.0 Å². The molecule has 2 heteroatoms. The van der Waals surface area contributed by atoms with Crippen molar-refractivity contribution in [1.29, 1.82) is 0 Å². The highest BCUT2D eigenvalue weighted by Gasteiger charge is 2.72. The number of hydrogen-bond donors (Lipinski definition) is 0. The summed E-state index contributed by atoms with van der Waals surface area (Å²) >= 11 is 0. The molecule has 14 heavy (non-hydrogen) atoms. The molecule has 0 aromatic carbocycles. The quantitative estimate of drug-likeness (QED) is 0.593. The molecule has 2 nitrogen and oxygen atoms in total. The zero-order valence-electron chi connectivity index (χ0n) is 9.43. The van der Waals surface area contributed by atoms with Crippen LogP contribution in [0.1, 0.15) is 40.0 Å². The van der Waals surface area contributed by atoms with E-state index in [4.69, 9.17) is 9.47 Å². The van der Waals surface area contributed by atoms with Gasteiger partial charge in [0.2, 0.25) is 0 Å². The van der Waals surface area contributed by atoms with Gasteiger partial charge in [-0.05, 0) is 25.2 Å². The highest BCUT2D eigenvalue weighted by molar-refractivity contribution is 5.15. The van der Waals surface area contributed by atoms with Crippen molar-refractivity contribution in [1.82, 2.24) is 0 Å². The first-order valence-corrected chi connectivity index (χ1v) is 5.80. The molecule has 1 saturated heterocycles. The van der Waals surface area contributed by atoms with Crippen LogP contribution in [0.2, 0.25) is 0 Å². The molecule has 0 radical (unpaired) electrons. The SMILES string of the molecule is CC12CCC(C1)C(C)(C)C21OCCO1. The second-order valence-electron chi connectivity index (χ2n) is 6.04. The molecule has 3 fully saturated rings. The summed E-state index contributed by atoms with van der Waals surface area (Å²) in [4.78, 5) is 0. The van der Waals surface area contributed by atoms with Crippen molar-refractivity contribution in [2.24, 2.45) is 16.7 Å². The van der Waals surface area contributed by atoms with Crippen LogP contribution in [0.4, 0.5) is 0 Å². The minimum absolute atomic E-state index is 0.205. The standard InChI is InChI=1S/C12H20O2/c1-10(2)9-4-5-11(3,8-9)12(10)13-6-7-14-12/h9H,4-8H2,1-3H3. The summed E-state index contributed by atoms with van der Waals surface area (Å²) in [7, 11) is 0. The second kappa shape index (κ2) is 2.35. The molecule has 2 aliphatic carbocycles. The lowest BCUT2D eigenvalue weighted by molar-refractivity contribution is -0.281. The van der Waals surface area contributed by atoms with Crippen LogP contribution in [0.3, 0.4) is 0 Å². The minimum atomic E-state index is -0.261. The summed E-state index contributed by atoms with van der Waals surface area (Å²) in [5, 5.41) is 0. The summed E-state index contributed by atoms with van der Waals surface area (Å²) in [6, 6.07) is 0. The number of rotatable bonds is 0. The molecule has 1 heterocycles. The van der Waals surface area contributed by atoms with Gasteiger partial charge in [-0.1, -0.05) is 20.8 Å². The van der Waals surface area contributed by atoms with Gasteiger partial charge in [0.25, 0.3) is 0 Å². The predicted octanol–water partition coefficient (Wildman–Crippen LogP) is 2.58. The normalized spacial score (nSPS) is 47.8. The fourth-order valence-corrected chi connectivity index (χ4v) is 4.34. The van der Waals surface area contributed by atoms with Crippen LogP contribution in [-0.2, 0) is 9.47 Å². The average molecular weight is 196 g/mol. The van der Waals surface area contributed by atoms with Crippen molar-refractivity contribution in [2.45, 2.75) is 45.8 Å².